The second-order valence-corrected chi connectivity index (χ2v) is 8.61. The van der Waals surface area contributed by atoms with Crippen LogP contribution in [0.25, 0.3) is 28.1 Å². The molecule has 5 aromatic rings. The number of carboxylic acid groups (broad SMARTS) is 1. The average molecular weight is 492 g/mol. The first-order valence-corrected chi connectivity index (χ1v) is 11.4. The van der Waals surface area contributed by atoms with Gasteiger partial charge in [0.25, 0.3) is 0 Å². The molecule has 5 rings (SSSR count). The van der Waals surface area contributed by atoms with Crippen molar-refractivity contribution >= 4 is 22.6 Å². The van der Waals surface area contributed by atoms with E-state index in [2.05, 4.69) is 15.4 Å². The number of para-hydroxylation sites is 1. The number of carboxylic acids is 1. The smallest absolute Gasteiger partial charge is 0.337 e. The zero-order chi connectivity index (χ0) is 26.1. The summed E-state index contributed by atoms with van der Waals surface area (Å²) in [6.45, 7) is 3.77. The molecule has 0 bridgehead atoms. The molecule has 1 unspecified atom stereocenters. The van der Waals surface area contributed by atoms with Gasteiger partial charge in [-0.3, -0.25) is 4.79 Å². The molecular formula is C28H21N5O4. The van der Waals surface area contributed by atoms with Gasteiger partial charge in [0.05, 0.1) is 34.3 Å². The summed E-state index contributed by atoms with van der Waals surface area (Å²) in [7, 11) is 0. The number of nitrogens with zero attached hydrogens (tertiary/aromatic N) is 4. The van der Waals surface area contributed by atoms with Crippen LogP contribution in [0.15, 0.2) is 82.4 Å². The first-order chi connectivity index (χ1) is 17.8. The molecule has 3 heterocycles. The number of rotatable bonds is 6. The molecule has 0 aliphatic heterocycles. The number of aromatic carboxylic acids is 1. The van der Waals surface area contributed by atoms with E-state index in [1.54, 1.807) is 48.8 Å². The van der Waals surface area contributed by atoms with E-state index in [0.29, 0.717) is 39.4 Å². The van der Waals surface area contributed by atoms with Crippen LogP contribution in [-0.4, -0.2) is 25.8 Å². The average Bonchev–Trinajstić information content (AvgIpc) is 3.39. The quantitative estimate of drug-likeness (QED) is 0.335. The summed E-state index contributed by atoms with van der Waals surface area (Å²) in [5, 5.41) is 26.5. The Morgan fingerprint density at radius 1 is 1.16 bits per heavy atom. The SMILES string of the molecule is Cc1cc(C(C)Nc2ccccc2C(=O)O)c2oc(-c3cnn(-c4ccc(C#N)cn4)c3)cc(=O)c2c1. The van der Waals surface area contributed by atoms with Gasteiger partial charge in [0.15, 0.2) is 11.2 Å². The van der Waals surface area contributed by atoms with Gasteiger partial charge in [0.2, 0.25) is 0 Å². The largest absolute Gasteiger partial charge is 0.478 e. The molecule has 2 N–H and O–H groups in total. The van der Waals surface area contributed by atoms with E-state index in [-0.39, 0.29) is 17.0 Å². The summed E-state index contributed by atoms with van der Waals surface area (Å²) in [5.74, 6) is -0.188. The molecule has 2 aromatic carbocycles. The van der Waals surface area contributed by atoms with Crippen molar-refractivity contribution in [2.45, 2.75) is 19.9 Å². The molecular weight excluding hydrogens is 470 g/mol. The van der Waals surface area contributed by atoms with Gasteiger partial charge >= 0.3 is 5.97 Å². The summed E-state index contributed by atoms with van der Waals surface area (Å²) in [4.78, 5) is 29.0. The minimum absolute atomic E-state index is 0.150. The molecule has 0 saturated heterocycles. The van der Waals surface area contributed by atoms with E-state index in [4.69, 9.17) is 9.68 Å². The highest BCUT2D eigenvalue weighted by molar-refractivity contribution is 5.94. The maximum Gasteiger partial charge on any atom is 0.337 e. The van der Waals surface area contributed by atoms with Crippen molar-refractivity contribution in [1.29, 1.82) is 5.26 Å². The topological polar surface area (TPSA) is 134 Å². The highest BCUT2D eigenvalue weighted by Crippen LogP contribution is 2.31. The Labute approximate surface area is 211 Å². The predicted octanol–water partition coefficient (Wildman–Crippen LogP) is 5.09. The van der Waals surface area contributed by atoms with Crippen molar-refractivity contribution in [3.63, 3.8) is 0 Å². The number of nitrogens with one attached hydrogen (secondary N) is 1. The number of benzene rings is 2. The predicted molar refractivity (Wildman–Crippen MR) is 138 cm³/mol. The van der Waals surface area contributed by atoms with Gasteiger partial charge in [0.1, 0.15) is 17.4 Å². The van der Waals surface area contributed by atoms with E-state index in [1.807, 2.05) is 26.0 Å². The molecule has 0 spiro atoms. The minimum atomic E-state index is -1.04. The third-order valence-electron chi connectivity index (χ3n) is 5.98. The van der Waals surface area contributed by atoms with Gasteiger partial charge in [-0.05, 0) is 49.7 Å². The zero-order valence-electron chi connectivity index (χ0n) is 20.0. The Kier molecular flexibility index (Phi) is 5.99. The van der Waals surface area contributed by atoms with Crippen LogP contribution >= 0.6 is 0 Å². The number of hydrogen-bond donors (Lipinski definition) is 2. The van der Waals surface area contributed by atoms with Crippen LogP contribution in [0.4, 0.5) is 5.69 Å². The summed E-state index contributed by atoms with van der Waals surface area (Å²) >= 11 is 0. The summed E-state index contributed by atoms with van der Waals surface area (Å²) in [6, 6.07) is 16.8. The van der Waals surface area contributed by atoms with Crippen molar-refractivity contribution < 1.29 is 14.3 Å². The van der Waals surface area contributed by atoms with Crippen molar-refractivity contribution in [1.82, 2.24) is 14.8 Å². The third kappa shape index (κ3) is 4.56. The van der Waals surface area contributed by atoms with Crippen molar-refractivity contribution in [2.75, 3.05) is 5.32 Å². The maximum absolute atomic E-state index is 13.1. The van der Waals surface area contributed by atoms with E-state index < -0.39 is 5.97 Å². The van der Waals surface area contributed by atoms with Gasteiger partial charge in [0, 0.05) is 29.7 Å². The van der Waals surface area contributed by atoms with Crippen LogP contribution in [0, 0.1) is 18.3 Å². The lowest BCUT2D eigenvalue weighted by atomic mass is 10.0. The Morgan fingerprint density at radius 3 is 2.70 bits per heavy atom. The van der Waals surface area contributed by atoms with E-state index >= 15 is 0 Å². The monoisotopic (exact) mass is 491 g/mol. The highest BCUT2D eigenvalue weighted by Gasteiger charge is 2.19. The number of aryl methyl sites for hydroxylation is 1. The lowest BCUT2D eigenvalue weighted by Gasteiger charge is -2.19. The fourth-order valence-corrected chi connectivity index (χ4v) is 4.17. The van der Waals surface area contributed by atoms with E-state index in [9.17, 15) is 14.7 Å². The fourth-order valence-electron chi connectivity index (χ4n) is 4.17. The number of pyridine rings is 1. The Hall–Kier alpha value is -5.23. The molecule has 9 heteroatoms. The highest BCUT2D eigenvalue weighted by atomic mass is 16.4. The lowest BCUT2D eigenvalue weighted by Crippen LogP contribution is -2.12. The third-order valence-corrected chi connectivity index (χ3v) is 5.98. The van der Waals surface area contributed by atoms with Crippen LogP contribution in [0.1, 0.15) is 40.0 Å². The molecule has 37 heavy (non-hydrogen) atoms. The number of anilines is 1. The van der Waals surface area contributed by atoms with Crippen LogP contribution < -0.4 is 10.7 Å². The number of carbonyl (C=O) groups is 1. The van der Waals surface area contributed by atoms with E-state index in [1.165, 1.54) is 23.0 Å². The van der Waals surface area contributed by atoms with Crippen molar-refractivity contribution in [2.24, 2.45) is 0 Å². The van der Waals surface area contributed by atoms with E-state index in [0.717, 1.165) is 11.1 Å². The molecule has 0 fully saturated rings. The standard InChI is InChI=1S/C28H21N5O4/c1-16-9-21(17(2)32-23-6-4-3-5-20(23)28(35)36)27-22(10-16)24(34)11-25(37-27)19-14-31-33(15-19)26-8-7-18(12-29)13-30-26/h3-11,13-15,17,32H,1-2H3,(H,35,36). The molecule has 0 aliphatic rings. The summed E-state index contributed by atoms with van der Waals surface area (Å²) < 4.78 is 7.80. The lowest BCUT2D eigenvalue weighted by molar-refractivity contribution is 0.0698. The van der Waals surface area contributed by atoms with Gasteiger partial charge in [-0.25, -0.2) is 14.5 Å². The first-order valence-electron chi connectivity index (χ1n) is 11.4. The molecule has 0 radical (unpaired) electrons. The Balaban J connectivity index is 1.56. The molecule has 0 amide bonds. The Bertz CT molecular complexity index is 1750. The molecule has 0 saturated carbocycles. The molecule has 182 valence electrons. The van der Waals surface area contributed by atoms with Crippen molar-refractivity contribution in [3.8, 4) is 23.2 Å². The minimum Gasteiger partial charge on any atom is -0.478 e. The number of nitriles is 1. The molecule has 9 nitrogen and oxygen atoms in total. The van der Waals surface area contributed by atoms with Crippen LogP contribution in [-0.2, 0) is 0 Å². The van der Waals surface area contributed by atoms with Gasteiger partial charge in [-0.15, -0.1) is 0 Å². The summed E-state index contributed by atoms with van der Waals surface area (Å²) in [5.41, 5.74) is 3.43. The number of fused-ring (bicyclic) bond motifs is 1. The maximum atomic E-state index is 13.1. The van der Waals surface area contributed by atoms with Gasteiger partial charge < -0.3 is 14.8 Å². The fraction of sp³-hybridized carbons (Fsp3) is 0.107. The van der Waals surface area contributed by atoms with Crippen LogP contribution in [0.5, 0.6) is 0 Å². The second-order valence-electron chi connectivity index (χ2n) is 8.61. The molecule has 0 aliphatic carbocycles. The second kappa shape index (κ2) is 9.43. The number of aromatic nitrogens is 3. The molecule has 3 aromatic heterocycles. The van der Waals surface area contributed by atoms with Crippen molar-refractivity contribution in [3.05, 3.63) is 106 Å². The van der Waals surface area contributed by atoms with Crippen LogP contribution in [0.3, 0.4) is 0 Å². The first kappa shape index (κ1) is 23.5. The molecule has 1 atom stereocenters. The number of hydrogen-bond acceptors (Lipinski definition) is 7. The Morgan fingerprint density at radius 2 is 1.97 bits per heavy atom. The van der Waals surface area contributed by atoms with Gasteiger partial charge in [-0.2, -0.15) is 10.4 Å². The zero-order valence-corrected chi connectivity index (χ0v) is 20.0. The van der Waals surface area contributed by atoms with Gasteiger partial charge in [-0.1, -0.05) is 18.2 Å². The summed E-state index contributed by atoms with van der Waals surface area (Å²) in [6.07, 6.45) is 4.72. The normalized spacial score (nSPS) is 11.7. The van der Waals surface area contributed by atoms with Crippen LogP contribution in [0.2, 0.25) is 0 Å².